The molecule has 0 fully saturated rings. The van der Waals surface area contributed by atoms with Gasteiger partial charge in [-0.2, -0.15) is 0 Å². The van der Waals surface area contributed by atoms with Gasteiger partial charge in [-0.25, -0.2) is 4.79 Å². The number of esters is 1. The molecule has 0 bridgehead atoms. The van der Waals surface area contributed by atoms with Crippen molar-refractivity contribution in [1.29, 1.82) is 0 Å². The molecular formula is C8H11NO4. The minimum Gasteiger partial charge on any atom is -0.463 e. The zero-order valence-electron chi connectivity index (χ0n) is 7.19. The van der Waals surface area contributed by atoms with Gasteiger partial charge in [0, 0.05) is 6.54 Å². The van der Waals surface area contributed by atoms with E-state index in [1.807, 2.05) is 0 Å². The third-order valence-electron chi connectivity index (χ3n) is 1.57. The molecule has 0 saturated heterocycles. The van der Waals surface area contributed by atoms with Gasteiger partial charge in [-0.1, -0.05) is 0 Å². The molecule has 1 aromatic heterocycles. The van der Waals surface area contributed by atoms with Crippen LogP contribution in [0.2, 0.25) is 0 Å². The fraction of sp³-hybridized carbons (Fsp3) is 0.375. The number of carbonyl (C=O) groups is 1. The van der Waals surface area contributed by atoms with Gasteiger partial charge in [0.25, 0.3) is 0 Å². The average molecular weight is 185 g/mol. The summed E-state index contributed by atoms with van der Waals surface area (Å²) in [6.45, 7) is 0.0497. The van der Waals surface area contributed by atoms with Gasteiger partial charge in [0.05, 0.1) is 7.11 Å². The minimum atomic E-state index is -0.876. The lowest BCUT2D eigenvalue weighted by molar-refractivity contribution is 0.0555. The number of aliphatic hydroxyl groups is 1. The number of ether oxygens (including phenoxy) is 1. The summed E-state index contributed by atoms with van der Waals surface area (Å²) in [7, 11) is 1.25. The Kier molecular flexibility index (Phi) is 3.05. The van der Waals surface area contributed by atoms with Crippen molar-refractivity contribution in [2.45, 2.75) is 6.10 Å². The third-order valence-corrected chi connectivity index (χ3v) is 1.57. The Morgan fingerprint density at radius 2 is 2.46 bits per heavy atom. The lowest BCUT2D eigenvalue weighted by atomic mass is 10.3. The van der Waals surface area contributed by atoms with Crippen LogP contribution in [0.1, 0.15) is 22.4 Å². The molecule has 5 heteroatoms. The van der Waals surface area contributed by atoms with E-state index in [9.17, 15) is 9.90 Å². The molecule has 0 unspecified atom stereocenters. The Labute approximate surface area is 75.1 Å². The van der Waals surface area contributed by atoms with Gasteiger partial charge in [0.2, 0.25) is 5.76 Å². The molecule has 72 valence electrons. The van der Waals surface area contributed by atoms with Crippen LogP contribution in [0, 0.1) is 0 Å². The predicted octanol–water partition coefficient (Wildman–Crippen LogP) is 0.0583. The van der Waals surface area contributed by atoms with E-state index < -0.39 is 12.1 Å². The van der Waals surface area contributed by atoms with Crippen LogP contribution in [-0.4, -0.2) is 24.7 Å². The van der Waals surface area contributed by atoms with Gasteiger partial charge < -0.3 is 20.0 Å². The van der Waals surface area contributed by atoms with Crippen molar-refractivity contribution < 1.29 is 19.1 Å². The van der Waals surface area contributed by atoms with Crippen LogP contribution in [-0.2, 0) is 4.74 Å². The van der Waals surface area contributed by atoms with Gasteiger partial charge in [0.15, 0.2) is 0 Å². The van der Waals surface area contributed by atoms with Gasteiger partial charge in [-0.05, 0) is 12.1 Å². The number of carbonyl (C=O) groups excluding carboxylic acids is 1. The molecule has 13 heavy (non-hydrogen) atoms. The molecular weight excluding hydrogens is 174 g/mol. The van der Waals surface area contributed by atoms with E-state index in [0.717, 1.165) is 0 Å². The van der Waals surface area contributed by atoms with Gasteiger partial charge in [0.1, 0.15) is 11.9 Å². The Balaban J connectivity index is 2.80. The molecule has 0 amide bonds. The highest BCUT2D eigenvalue weighted by atomic mass is 16.5. The molecule has 0 aromatic carbocycles. The molecule has 1 atom stereocenters. The summed E-state index contributed by atoms with van der Waals surface area (Å²) in [4.78, 5) is 10.9. The summed E-state index contributed by atoms with van der Waals surface area (Å²) < 4.78 is 9.40. The average Bonchev–Trinajstić information content (AvgIpc) is 2.64. The Morgan fingerprint density at radius 3 is 3.00 bits per heavy atom. The lowest BCUT2D eigenvalue weighted by Crippen LogP contribution is -2.10. The molecule has 1 heterocycles. The van der Waals surface area contributed by atoms with E-state index in [1.54, 1.807) is 0 Å². The quantitative estimate of drug-likeness (QED) is 0.650. The largest absolute Gasteiger partial charge is 0.463 e. The summed E-state index contributed by atoms with van der Waals surface area (Å²) in [6, 6.07) is 2.92. The molecule has 0 radical (unpaired) electrons. The Bertz CT molecular complexity index is 294. The number of hydrogen-bond acceptors (Lipinski definition) is 5. The van der Waals surface area contributed by atoms with Crippen LogP contribution < -0.4 is 5.73 Å². The second-order valence-electron chi connectivity index (χ2n) is 2.45. The summed E-state index contributed by atoms with van der Waals surface area (Å²) in [5.41, 5.74) is 5.20. The molecule has 3 N–H and O–H groups in total. The standard InChI is InChI=1S/C8H11NO4/c1-12-8(11)7-3-2-6(13-7)5(10)4-9/h2-3,5,10H,4,9H2,1H3/t5-/m1/s1. The van der Waals surface area contributed by atoms with Gasteiger partial charge in [-0.3, -0.25) is 0 Å². The number of methoxy groups -OCH3 is 1. The van der Waals surface area contributed by atoms with Crippen molar-refractivity contribution in [1.82, 2.24) is 0 Å². The Hall–Kier alpha value is -1.33. The lowest BCUT2D eigenvalue weighted by Gasteiger charge is -2.01. The maximum atomic E-state index is 10.9. The van der Waals surface area contributed by atoms with Crippen molar-refractivity contribution >= 4 is 5.97 Å². The second kappa shape index (κ2) is 4.06. The highest BCUT2D eigenvalue weighted by Crippen LogP contribution is 2.15. The molecule has 1 rings (SSSR count). The number of aliphatic hydroxyl groups excluding tert-OH is 1. The molecule has 0 aliphatic heterocycles. The van der Waals surface area contributed by atoms with E-state index in [-0.39, 0.29) is 18.1 Å². The maximum absolute atomic E-state index is 10.9. The van der Waals surface area contributed by atoms with Crippen LogP contribution in [0.4, 0.5) is 0 Å². The molecule has 0 spiro atoms. The summed E-state index contributed by atoms with van der Waals surface area (Å²) in [5, 5.41) is 9.23. The van der Waals surface area contributed by atoms with E-state index in [0.29, 0.717) is 0 Å². The summed E-state index contributed by atoms with van der Waals surface area (Å²) in [5.74, 6) is -0.247. The summed E-state index contributed by atoms with van der Waals surface area (Å²) >= 11 is 0. The number of furan rings is 1. The molecule has 5 nitrogen and oxygen atoms in total. The van der Waals surface area contributed by atoms with Gasteiger partial charge in [-0.15, -0.1) is 0 Å². The number of rotatable bonds is 3. The van der Waals surface area contributed by atoms with Crippen molar-refractivity contribution in [3.05, 3.63) is 23.7 Å². The van der Waals surface area contributed by atoms with Crippen molar-refractivity contribution in [3.63, 3.8) is 0 Å². The minimum absolute atomic E-state index is 0.0497. The molecule has 0 aliphatic rings. The fourth-order valence-electron chi connectivity index (χ4n) is 0.858. The highest BCUT2D eigenvalue weighted by molar-refractivity contribution is 5.86. The smallest absolute Gasteiger partial charge is 0.373 e. The van der Waals surface area contributed by atoms with E-state index in [4.69, 9.17) is 10.2 Å². The van der Waals surface area contributed by atoms with Crippen LogP contribution in [0.5, 0.6) is 0 Å². The monoisotopic (exact) mass is 185 g/mol. The number of hydrogen-bond donors (Lipinski definition) is 2. The normalized spacial score (nSPS) is 12.5. The highest BCUT2D eigenvalue weighted by Gasteiger charge is 2.14. The fourth-order valence-corrected chi connectivity index (χ4v) is 0.858. The van der Waals surface area contributed by atoms with Crippen LogP contribution >= 0.6 is 0 Å². The first-order valence-electron chi connectivity index (χ1n) is 3.75. The van der Waals surface area contributed by atoms with Crippen LogP contribution in [0.3, 0.4) is 0 Å². The van der Waals surface area contributed by atoms with Crippen molar-refractivity contribution in [2.75, 3.05) is 13.7 Å². The molecule has 0 saturated carbocycles. The van der Waals surface area contributed by atoms with Crippen LogP contribution in [0.15, 0.2) is 16.5 Å². The second-order valence-corrected chi connectivity index (χ2v) is 2.45. The van der Waals surface area contributed by atoms with E-state index in [1.165, 1.54) is 19.2 Å². The van der Waals surface area contributed by atoms with Crippen molar-refractivity contribution in [3.8, 4) is 0 Å². The number of nitrogens with two attached hydrogens (primary N) is 1. The first-order chi connectivity index (χ1) is 6.19. The zero-order valence-corrected chi connectivity index (χ0v) is 7.19. The molecule has 1 aromatic rings. The molecule has 0 aliphatic carbocycles. The van der Waals surface area contributed by atoms with E-state index in [2.05, 4.69) is 4.74 Å². The first kappa shape index (κ1) is 9.76. The maximum Gasteiger partial charge on any atom is 0.373 e. The van der Waals surface area contributed by atoms with Gasteiger partial charge >= 0.3 is 5.97 Å². The van der Waals surface area contributed by atoms with E-state index >= 15 is 0 Å². The SMILES string of the molecule is COC(=O)c1ccc([C@H](O)CN)o1. The summed E-state index contributed by atoms with van der Waals surface area (Å²) in [6.07, 6.45) is -0.876. The third kappa shape index (κ3) is 2.07. The first-order valence-corrected chi connectivity index (χ1v) is 3.75. The zero-order chi connectivity index (χ0) is 9.84. The predicted molar refractivity (Wildman–Crippen MR) is 44.1 cm³/mol. The Morgan fingerprint density at radius 1 is 1.77 bits per heavy atom. The van der Waals surface area contributed by atoms with Crippen molar-refractivity contribution in [2.24, 2.45) is 5.73 Å². The van der Waals surface area contributed by atoms with Crippen LogP contribution in [0.25, 0.3) is 0 Å². The topological polar surface area (TPSA) is 85.7 Å².